The standard InChI is InChI=1S/C20H21N3O/c1-2-3-5-15-7-9-16(10-8-15)14-22-20(24)19-12-11-17-18(23-19)6-4-13-21-17/h4,6-13H,2-3,5,14H2,1H3,(H,22,24). The highest BCUT2D eigenvalue weighted by atomic mass is 16.1. The van der Waals surface area contributed by atoms with Crippen LogP contribution in [0.2, 0.25) is 0 Å². The van der Waals surface area contributed by atoms with Gasteiger partial charge in [-0.2, -0.15) is 0 Å². The Kier molecular flexibility index (Phi) is 5.16. The Bertz CT molecular complexity index is 828. The fourth-order valence-electron chi connectivity index (χ4n) is 2.56. The van der Waals surface area contributed by atoms with E-state index in [0.29, 0.717) is 12.2 Å². The van der Waals surface area contributed by atoms with E-state index in [0.717, 1.165) is 23.0 Å². The van der Waals surface area contributed by atoms with Crippen LogP contribution in [0.25, 0.3) is 11.0 Å². The summed E-state index contributed by atoms with van der Waals surface area (Å²) in [5, 5.41) is 2.92. The average Bonchev–Trinajstić information content (AvgIpc) is 2.65. The topological polar surface area (TPSA) is 54.9 Å². The number of rotatable bonds is 6. The van der Waals surface area contributed by atoms with Crippen molar-refractivity contribution in [2.75, 3.05) is 0 Å². The number of nitrogens with zero attached hydrogens (tertiary/aromatic N) is 2. The molecular formula is C20H21N3O. The summed E-state index contributed by atoms with van der Waals surface area (Å²) in [5.74, 6) is -0.171. The zero-order valence-corrected chi connectivity index (χ0v) is 13.8. The molecule has 4 nitrogen and oxygen atoms in total. The summed E-state index contributed by atoms with van der Waals surface area (Å²) in [5.41, 5.74) is 4.36. The number of hydrogen-bond donors (Lipinski definition) is 1. The number of unbranched alkanes of at least 4 members (excludes halogenated alkanes) is 1. The van der Waals surface area contributed by atoms with Gasteiger partial charge < -0.3 is 5.32 Å². The summed E-state index contributed by atoms with van der Waals surface area (Å²) in [4.78, 5) is 20.8. The molecule has 24 heavy (non-hydrogen) atoms. The molecule has 0 saturated heterocycles. The van der Waals surface area contributed by atoms with E-state index in [4.69, 9.17) is 0 Å². The molecule has 3 rings (SSSR count). The van der Waals surface area contributed by atoms with Gasteiger partial charge in [-0.25, -0.2) is 4.98 Å². The van der Waals surface area contributed by atoms with Crippen LogP contribution in [0.15, 0.2) is 54.7 Å². The van der Waals surface area contributed by atoms with Crippen molar-refractivity contribution in [2.45, 2.75) is 32.7 Å². The number of carbonyl (C=O) groups excluding carboxylic acids is 1. The molecule has 0 saturated carbocycles. The van der Waals surface area contributed by atoms with Gasteiger partial charge in [0.25, 0.3) is 5.91 Å². The van der Waals surface area contributed by atoms with Gasteiger partial charge in [0.05, 0.1) is 11.0 Å². The van der Waals surface area contributed by atoms with E-state index in [9.17, 15) is 4.79 Å². The number of hydrogen-bond acceptors (Lipinski definition) is 3. The molecule has 0 unspecified atom stereocenters. The van der Waals surface area contributed by atoms with Gasteiger partial charge in [-0.15, -0.1) is 0 Å². The molecule has 0 aliphatic carbocycles. The van der Waals surface area contributed by atoms with Crippen molar-refractivity contribution in [1.82, 2.24) is 15.3 Å². The third-order valence-corrected chi connectivity index (χ3v) is 3.98. The first-order valence-corrected chi connectivity index (χ1v) is 8.34. The third kappa shape index (κ3) is 3.96. The minimum Gasteiger partial charge on any atom is -0.347 e. The highest BCUT2D eigenvalue weighted by Gasteiger charge is 2.08. The lowest BCUT2D eigenvalue weighted by Gasteiger charge is -2.07. The van der Waals surface area contributed by atoms with Crippen molar-refractivity contribution in [1.29, 1.82) is 0 Å². The molecule has 0 fully saturated rings. The summed E-state index contributed by atoms with van der Waals surface area (Å²) in [6, 6.07) is 15.6. The SMILES string of the molecule is CCCCc1ccc(CNC(=O)c2ccc3ncccc3n2)cc1. The van der Waals surface area contributed by atoms with Gasteiger partial charge in [-0.1, -0.05) is 37.6 Å². The van der Waals surface area contributed by atoms with Crippen LogP contribution in [0.3, 0.4) is 0 Å². The Morgan fingerprint density at radius 1 is 1.00 bits per heavy atom. The fraction of sp³-hybridized carbons (Fsp3) is 0.250. The molecule has 3 aromatic rings. The number of aromatic nitrogens is 2. The van der Waals surface area contributed by atoms with Crippen molar-refractivity contribution in [2.24, 2.45) is 0 Å². The quantitative estimate of drug-likeness (QED) is 0.749. The zero-order chi connectivity index (χ0) is 16.8. The molecule has 1 amide bonds. The van der Waals surface area contributed by atoms with Crippen LogP contribution >= 0.6 is 0 Å². The monoisotopic (exact) mass is 319 g/mol. The largest absolute Gasteiger partial charge is 0.347 e. The number of fused-ring (bicyclic) bond motifs is 1. The number of aryl methyl sites for hydroxylation is 1. The molecule has 0 aliphatic heterocycles. The van der Waals surface area contributed by atoms with Gasteiger partial charge in [-0.05, 0) is 48.2 Å². The predicted molar refractivity (Wildman–Crippen MR) is 95.8 cm³/mol. The summed E-state index contributed by atoms with van der Waals surface area (Å²) in [6.45, 7) is 2.69. The van der Waals surface area contributed by atoms with Crippen LogP contribution in [0.5, 0.6) is 0 Å². The molecule has 0 radical (unpaired) electrons. The number of amides is 1. The Morgan fingerprint density at radius 2 is 1.79 bits per heavy atom. The molecular weight excluding hydrogens is 298 g/mol. The van der Waals surface area contributed by atoms with Gasteiger partial charge in [0.15, 0.2) is 0 Å². The highest BCUT2D eigenvalue weighted by molar-refractivity contribution is 5.94. The lowest BCUT2D eigenvalue weighted by molar-refractivity contribution is 0.0946. The molecule has 0 bridgehead atoms. The maximum Gasteiger partial charge on any atom is 0.270 e. The minimum atomic E-state index is -0.171. The second-order valence-corrected chi connectivity index (χ2v) is 5.84. The molecule has 4 heteroatoms. The maximum atomic E-state index is 12.3. The van der Waals surface area contributed by atoms with Crippen LogP contribution in [0.1, 0.15) is 41.4 Å². The van der Waals surface area contributed by atoms with E-state index in [1.165, 1.54) is 18.4 Å². The van der Waals surface area contributed by atoms with Crippen molar-refractivity contribution in [3.05, 3.63) is 71.5 Å². The van der Waals surface area contributed by atoms with Crippen LogP contribution in [0, 0.1) is 0 Å². The van der Waals surface area contributed by atoms with Gasteiger partial charge in [0.2, 0.25) is 0 Å². The summed E-state index contributed by atoms with van der Waals surface area (Å²) >= 11 is 0. The molecule has 1 N–H and O–H groups in total. The van der Waals surface area contributed by atoms with Crippen molar-refractivity contribution < 1.29 is 4.79 Å². The summed E-state index contributed by atoms with van der Waals surface area (Å²) in [6.07, 6.45) is 5.23. The van der Waals surface area contributed by atoms with Crippen LogP contribution in [0.4, 0.5) is 0 Å². The first-order valence-electron chi connectivity index (χ1n) is 8.34. The van der Waals surface area contributed by atoms with Gasteiger partial charge in [-0.3, -0.25) is 9.78 Å². The molecule has 122 valence electrons. The molecule has 0 atom stereocenters. The van der Waals surface area contributed by atoms with Crippen molar-refractivity contribution in [3.8, 4) is 0 Å². The van der Waals surface area contributed by atoms with Gasteiger partial charge in [0.1, 0.15) is 5.69 Å². The number of benzene rings is 1. The van der Waals surface area contributed by atoms with E-state index in [1.54, 1.807) is 12.3 Å². The maximum absolute atomic E-state index is 12.3. The second-order valence-electron chi connectivity index (χ2n) is 5.84. The van der Waals surface area contributed by atoms with Crippen molar-refractivity contribution >= 4 is 16.9 Å². The number of carbonyl (C=O) groups is 1. The summed E-state index contributed by atoms with van der Waals surface area (Å²) in [7, 11) is 0. The minimum absolute atomic E-state index is 0.171. The lowest BCUT2D eigenvalue weighted by atomic mass is 10.1. The fourth-order valence-corrected chi connectivity index (χ4v) is 2.56. The first kappa shape index (κ1) is 16.1. The van der Waals surface area contributed by atoms with Gasteiger partial charge >= 0.3 is 0 Å². The molecule has 0 aliphatic rings. The van der Waals surface area contributed by atoms with E-state index in [1.807, 2.05) is 18.2 Å². The third-order valence-electron chi connectivity index (χ3n) is 3.98. The molecule has 2 heterocycles. The predicted octanol–water partition coefficient (Wildman–Crippen LogP) is 3.90. The molecule has 0 spiro atoms. The van der Waals surface area contributed by atoms with Crippen LogP contribution in [-0.4, -0.2) is 15.9 Å². The Labute approximate surface area is 142 Å². The second kappa shape index (κ2) is 7.68. The Morgan fingerprint density at radius 3 is 2.58 bits per heavy atom. The van der Waals surface area contributed by atoms with E-state index in [-0.39, 0.29) is 5.91 Å². The zero-order valence-electron chi connectivity index (χ0n) is 13.8. The Balaban J connectivity index is 1.61. The average molecular weight is 319 g/mol. The van der Waals surface area contributed by atoms with Crippen LogP contribution < -0.4 is 5.32 Å². The summed E-state index contributed by atoms with van der Waals surface area (Å²) < 4.78 is 0. The van der Waals surface area contributed by atoms with Crippen molar-refractivity contribution in [3.63, 3.8) is 0 Å². The molecule has 1 aromatic carbocycles. The van der Waals surface area contributed by atoms with E-state index in [2.05, 4.69) is 46.5 Å². The highest BCUT2D eigenvalue weighted by Crippen LogP contribution is 2.10. The lowest BCUT2D eigenvalue weighted by Crippen LogP contribution is -2.23. The van der Waals surface area contributed by atoms with Gasteiger partial charge in [0, 0.05) is 12.7 Å². The number of pyridine rings is 2. The first-order chi connectivity index (χ1) is 11.8. The Hall–Kier alpha value is -2.75. The van der Waals surface area contributed by atoms with E-state index < -0.39 is 0 Å². The normalized spacial score (nSPS) is 10.7. The van der Waals surface area contributed by atoms with E-state index >= 15 is 0 Å². The smallest absolute Gasteiger partial charge is 0.270 e. The molecule has 2 aromatic heterocycles. The number of nitrogens with one attached hydrogen (secondary N) is 1. The van der Waals surface area contributed by atoms with Crippen LogP contribution in [-0.2, 0) is 13.0 Å².